The zero-order valence-electron chi connectivity index (χ0n) is 15.1. The van der Waals surface area contributed by atoms with Crippen molar-refractivity contribution in [3.8, 4) is 11.3 Å². The maximum absolute atomic E-state index is 13.1. The van der Waals surface area contributed by atoms with E-state index in [1.807, 2.05) is 42.1 Å². The highest BCUT2D eigenvalue weighted by atomic mass is 16.2. The van der Waals surface area contributed by atoms with Crippen LogP contribution in [-0.4, -0.2) is 45.1 Å². The molecule has 134 valence electrons. The van der Waals surface area contributed by atoms with Crippen molar-refractivity contribution in [2.24, 2.45) is 19.5 Å². The predicted octanol–water partition coefficient (Wildman–Crippen LogP) is 1.69. The zero-order valence-corrected chi connectivity index (χ0v) is 15.1. The smallest absolute Gasteiger partial charge is 0.234 e. The van der Waals surface area contributed by atoms with Gasteiger partial charge in [-0.25, -0.2) is 0 Å². The number of anilines is 1. The Hall–Kier alpha value is -2.67. The largest absolute Gasteiger partial charge is 0.316 e. The minimum absolute atomic E-state index is 0.198. The summed E-state index contributed by atoms with van der Waals surface area (Å²) in [7, 11) is 3.85. The minimum Gasteiger partial charge on any atom is -0.316 e. The molecule has 2 aliphatic rings. The van der Waals surface area contributed by atoms with Crippen LogP contribution in [0.2, 0.25) is 0 Å². The summed E-state index contributed by atoms with van der Waals surface area (Å²) in [5.41, 5.74) is 3.71. The standard InChI is InChI=1S/C19H22N6O/c1-23-11-13(10-21-23)17-15-9-14(3-4-16(15)24(2)22-17)25-8-6-19(18(25)26)5-7-20-12-19/h3-4,9-11,20H,5-8,12H2,1-2H3/t19-/m0/s1. The number of fused-ring (bicyclic) bond motifs is 1. The number of aryl methyl sites for hydroxylation is 2. The minimum atomic E-state index is -0.198. The van der Waals surface area contributed by atoms with Crippen molar-refractivity contribution < 1.29 is 4.79 Å². The summed E-state index contributed by atoms with van der Waals surface area (Å²) < 4.78 is 3.66. The third-order valence-electron chi connectivity index (χ3n) is 5.88. The summed E-state index contributed by atoms with van der Waals surface area (Å²) in [6, 6.07) is 6.20. The van der Waals surface area contributed by atoms with Crippen LogP contribution in [0.3, 0.4) is 0 Å². The van der Waals surface area contributed by atoms with Crippen LogP contribution in [-0.2, 0) is 18.9 Å². The maximum Gasteiger partial charge on any atom is 0.234 e. The zero-order chi connectivity index (χ0) is 17.9. The third kappa shape index (κ3) is 2.13. The predicted molar refractivity (Wildman–Crippen MR) is 99.8 cm³/mol. The number of nitrogens with one attached hydrogen (secondary N) is 1. The van der Waals surface area contributed by atoms with Gasteiger partial charge in [-0.1, -0.05) is 0 Å². The lowest BCUT2D eigenvalue weighted by molar-refractivity contribution is -0.124. The summed E-state index contributed by atoms with van der Waals surface area (Å²) in [6.07, 6.45) is 5.67. The number of hydrogen-bond donors (Lipinski definition) is 1. The molecule has 0 unspecified atom stereocenters. The van der Waals surface area contributed by atoms with E-state index >= 15 is 0 Å². The molecule has 1 aromatic carbocycles. The second kappa shape index (κ2) is 5.41. The molecule has 7 nitrogen and oxygen atoms in total. The molecule has 0 saturated carbocycles. The molecule has 1 spiro atoms. The van der Waals surface area contributed by atoms with Crippen LogP contribution >= 0.6 is 0 Å². The molecule has 0 aliphatic carbocycles. The molecule has 5 rings (SSSR count). The summed E-state index contributed by atoms with van der Waals surface area (Å²) in [4.78, 5) is 15.0. The van der Waals surface area contributed by atoms with Gasteiger partial charge in [-0.15, -0.1) is 0 Å². The summed E-state index contributed by atoms with van der Waals surface area (Å²) in [5.74, 6) is 0.258. The first kappa shape index (κ1) is 15.6. The van der Waals surface area contributed by atoms with Crippen LogP contribution in [0.15, 0.2) is 30.6 Å². The van der Waals surface area contributed by atoms with E-state index in [1.165, 1.54) is 0 Å². The van der Waals surface area contributed by atoms with Gasteiger partial charge < -0.3 is 10.2 Å². The first-order chi connectivity index (χ1) is 12.6. The van der Waals surface area contributed by atoms with Crippen molar-refractivity contribution in [3.63, 3.8) is 0 Å². The Morgan fingerprint density at radius 2 is 2.12 bits per heavy atom. The van der Waals surface area contributed by atoms with E-state index in [9.17, 15) is 4.79 Å². The molecule has 1 N–H and O–H groups in total. The number of hydrogen-bond acceptors (Lipinski definition) is 4. The topological polar surface area (TPSA) is 68.0 Å². The van der Waals surface area contributed by atoms with Gasteiger partial charge in [-0.2, -0.15) is 10.2 Å². The quantitative estimate of drug-likeness (QED) is 0.764. The van der Waals surface area contributed by atoms with Gasteiger partial charge in [0.25, 0.3) is 0 Å². The molecule has 26 heavy (non-hydrogen) atoms. The second-order valence-corrected chi connectivity index (χ2v) is 7.49. The normalized spacial score (nSPS) is 23.0. The Balaban J connectivity index is 1.59. The highest BCUT2D eigenvalue weighted by molar-refractivity contribution is 6.03. The number of nitrogens with zero attached hydrogens (tertiary/aromatic N) is 5. The molecule has 2 aromatic heterocycles. The van der Waals surface area contributed by atoms with Gasteiger partial charge in [0.2, 0.25) is 5.91 Å². The Morgan fingerprint density at radius 3 is 2.85 bits per heavy atom. The molecular weight excluding hydrogens is 328 g/mol. The molecule has 3 aromatic rings. The van der Waals surface area contributed by atoms with Crippen LogP contribution in [0.5, 0.6) is 0 Å². The lowest BCUT2D eigenvalue weighted by Crippen LogP contribution is -2.36. The summed E-state index contributed by atoms with van der Waals surface area (Å²) >= 11 is 0. The fraction of sp³-hybridized carbons (Fsp3) is 0.421. The van der Waals surface area contributed by atoms with Crippen LogP contribution in [0.25, 0.3) is 22.2 Å². The van der Waals surface area contributed by atoms with Crippen LogP contribution in [0.4, 0.5) is 5.69 Å². The first-order valence-electron chi connectivity index (χ1n) is 9.06. The van der Waals surface area contributed by atoms with Crippen molar-refractivity contribution >= 4 is 22.5 Å². The van der Waals surface area contributed by atoms with E-state index in [1.54, 1.807) is 4.68 Å². The van der Waals surface area contributed by atoms with Crippen LogP contribution < -0.4 is 10.2 Å². The number of aromatic nitrogens is 4. The molecule has 0 radical (unpaired) electrons. The molecule has 2 aliphatic heterocycles. The molecular formula is C19H22N6O. The van der Waals surface area contributed by atoms with Crippen LogP contribution in [0, 0.1) is 5.41 Å². The third-order valence-corrected chi connectivity index (χ3v) is 5.88. The fourth-order valence-electron chi connectivity index (χ4n) is 4.38. The van der Waals surface area contributed by atoms with E-state index in [0.717, 1.165) is 60.3 Å². The average Bonchev–Trinajstić information content (AvgIpc) is 3.39. The van der Waals surface area contributed by atoms with E-state index in [0.29, 0.717) is 0 Å². The van der Waals surface area contributed by atoms with Crippen molar-refractivity contribution in [2.45, 2.75) is 12.8 Å². The average molecular weight is 350 g/mol. The maximum atomic E-state index is 13.1. The molecule has 1 atom stereocenters. The Labute approximate surface area is 151 Å². The van der Waals surface area contributed by atoms with Gasteiger partial charge in [-0.3, -0.25) is 14.2 Å². The highest BCUT2D eigenvalue weighted by Gasteiger charge is 2.48. The van der Waals surface area contributed by atoms with Gasteiger partial charge in [0.05, 0.1) is 17.1 Å². The molecule has 2 saturated heterocycles. The Morgan fingerprint density at radius 1 is 1.23 bits per heavy atom. The van der Waals surface area contributed by atoms with E-state index in [2.05, 4.69) is 27.6 Å². The van der Waals surface area contributed by atoms with Gasteiger partial charge in [-0.05, 0) is 37.6 Å². The van der Waals surface area contributed by atoms with Gasteiger partial charge in [0, 0.05) is 50.0 Å². The Kier molecular flexibility index (Phi) is 3.24. The molecule has 1 amide bonds. The number of carbonyl (C=O) groups excluding carboxylic acids is 1. The lowest BCUT2D eigenvalue weighted by atomic mass is 9.86. The van der Waals surface area contributed by atoms with Crippen molar-refractivity contribution in [3.05, 3.63) is 30.6 Å². The summed E-state index contributed by atoms with van der Waals surface area (Å²) in [5, 5.41) is 13.4. The van der Waals surface area contributed by atoms with Crippen LogP contribution in [0.1, 0.15) is 12.8 Å². The molecule has 4 heterocycles. The van der Waals surface area contributed by atoms with Gasteiger partial charge >= 0.3 is 0 Å². The summed E-state index contributed by atoms with van der Waals surface area (Å²) in [6.45, 7) is 2.53. The van der Waals surface area contributed by atoms with Gasteiger partial charge in [0.1, 0.15) is 5.69 Å². The number of rotatable bonds is 2. The number of carbonyl (C=O) groups is 1. The van der Waals surface area contributed by atoms with Crippen molar-refractivity contribution in [2.75, 3.05) is 24.5 Å². The highest BCUT2D eigenvalue weighted by Crippen LogP contribution is 2.40. The molecule has 7 heteroatoms. The Bertz CT molecular complexity index is 1010. The number of benzene rings is 1. The van der Waals surface area contributed by atoms with E-state index < -0.39 is 0 Å². The van der Waals surface area contributed by atoms with Crippen molar-refractivity contribution in [1.29, 1.82) is 0 Å². The molecule has 0 bridgehead atoms. The number of amides is 1. The fourth-order valence-corrected chi connectivity index (χ4v) is 4.38. The van der Waals surface area contributed by atoms with Gasteiger partial charge in [0.15, 0.2) is 0 Å². The second-order valence-electron chi connectivity index (χ2n) is 7.49. The molecule has 2 fully saturated rings. The van der Waals surface area contributed by atoms with E-state index in [4.69, 9.17) is 0 Å². The SMILES string of the molecule is Cn1cc(-c2nn(C)c3ccc(N4CC[C@]5(CCNC5)C4=O)cc23)cn1. The monoisotopic (exact) mass is 350 g/mol. The lowest BCUT2D eigenvalue weighted by Gasteiger charge is -2.22. The first-order valence-corrected chi connectivity index (χ1v) is 9.06. The van der Waals surface area contributed by atoms with Crippen molar-refractivity contribution in [1.82, 2.24) is 24.9 Å². The van der Waals surface area contributed by atoms with E-state index in [-0.39, 0.29) is 11.3 Å².